The third-order valence-corrected chi connectivity index (χ3v) is 5.21. The van der Waals surface area contributed by atoms with E-state index in [2.05, 4.69) is 0 Å². The Morgan fingerprint density at radius 3 is 2.23 bits per heavy atom. The van der Waals surface area contributed by atoms with E-state index < -0.39 is 35.3 Å². The number of carbonyl (C=O) groups is 3. The monoisotopic (exact) mass is 423 g/mol. The zero-order chi connectivity index (χ0) is 22.1. The Balaban J connectivity index is 1.59. The highest BCUT2D eigenvalue weighted by molar-refractivity contribution is 5.94. The first-order chi connectivity index (χ1) is 14.1. The lowest BCUT2D eigenvalue weighted by Gasteiger charge is -2.37. The molecule has 30 heavy (non-hydrogen) atoms. The minimum Gasteiger partial charge on any atom is -0.444 e. The molecule has 0 saturated carbocycles. The van der Waals surface area contributed by atoms with Crippen LogP contribution in [0.25, 0.3) is 0 Å². The van der Waals surface area contributed by atoms with Gasteiger partial charge in [-0.1, -0.05) is 0 Å². The van der Waals surface area contributed by atoms with Crippen LogP contribution in [0.2, 0.25) is 0 Å². The first-order valence-corrected chi connectivity index (χ1v) is 10.1. The number of carbonyl (C=O) groups excluding carboxylic acids is 3. The van der Waals surface area contributed by atoms with E-state index in [0.717, 1.165) is 18.6 Å². The normalized spacial score (nSPS) is 19.8. The van der Waals surface area contributed by atoms with Gasteiger partial charge in [0.15, 0.2) is 0 Å². The first-order valence-electron chi connectivity index (χ1n) is 10.1. The minimum absolute atomic E-state index is 0.168. The summed E-state index contributed by atoms with van der Waals surface area (Å²) < 4.78 is 32.4. The molecule has 1 aromatic carbocycles. The number of hydrogen-bond acceptors (Lipinski definition) is 4. The minimum atomic E-state index is -0.905. The molecule has 2 fully saturated rings. The Morgan fingerprint density at radius 2 is 1.63 bits per heavy atom. The number of likely N-dealkylation sites (tertiary alicyclic amines) is 1. The Morgan fingerprint density at radius 1 is 1.00 bits per heavy atom. The molecule has 2 heterocycles. The summed E-state index contributed by atoms with van der Waals surface area (Å²) in [5.74, 6) is -2.35. The Bertz CT molecular complexity index is 832. The predicted molar refractivity (Wildman–Crippen MR) is 105 cm³/mol. The molecule has 2 saturated heterocycles. The number of halogens is 2. The molecular weight excluding hydrogens is 396 g/mol. The highest BCUT2D eigenvalue weighted by Gasteiger charge is 2.39. The molecule has 164 valence electrons. The summed E-state index contributed by atoms with van der Waals surface area (Å²) in [6, 6.07) is 2.28. The van der Waals surface area contributed by atoms with Gasteiger partial charge in [0.25, 0.3) is 5.91 Å². The lowest BCUT2D eigenvalue weighted by Crippen LogP contribution is -2.55. The van der Waals surface area contributed by atoms with Crippen LogP contribution in [0.4, 0.5) is 13.6 Å². The number of piperazine rings is 1. The van der Waals surface area contributed by atoms with Crippen molar-refractivity contribution in [2.24, 2.45) is 0 Å². The average molecular weight is 423 g/mol. The highest BCUT2D eigenvalue weighted by atomic mass is 19.1. The van der Waals surface area contributed by atoms with Crippen LogP contribution in [0, 0.1) is 11.6 Å². The molecule has 0 radical (unpaired) electrons. The van der Waals surface area contributed by atoms with Crippen molar-refractivity contribution in [3.05, 3.63) is 35.4 Å². The van der Waals surface area contributed by atoms with Crippen LogP contribution in [-0.2, 0) is 9.53 Å². The van der Waals surface area contributed by atoms with Crippen molar-refractivity contribution >= 4 is 17.9 Å². The fourth-order valence-electron chi connectivity index (χ4n) is 3.74. The zero-order valence-electron chi connectivity index (χ0n) is 17.5. The van der Waals surface area contributed by atoms with Gasteiger partial charge in [-0.05, 0) is 45.7 Å². The molecule has 1 aromatic rings. The third kappa shape index (κ3) is 4.88. The lowest BCUT2D eigenvalue weighted by molar-refractivity contribution is -0.137. The molecule has 0 aliphatic carbocycles. The van der Waals surface area contributed by atoms with E-state index >= 15 is 0 Å². The second kappa shape index (κ2) is 8.57. The Labute approximate surface area is 174 Å². The molecule has 3 amide bonds. The number of amides is 3. The standard InChI is InChI=1S/C21H27F2N3O4/c1-21(2,3)30-20(29)26-8-4-5-17(26)19(28)25-11-9-24(10-12-25)18(27)15-7-6-14(22)13-16(15)23/h6-7,13,17H,4-5,8-12H2,1-3H3. The summed E-state index contributed by atoms with van der Waals surface area (Å²) in [7, 11) is 0. The molecule has 0 aromatic heterocycles. The molecule has 1 unspecified atom stereocenters. The summed E-state index contributed by atoms with van der Waals surface area (Å²) >= 11 is 0. The van der Waals surface area contributed by atoms with Crippen LogP contribution in [0.5, 0.6) is 0 Å². The molecular formula is C21H27F2N3O4. The number of benzene rings is 1. The summed E-state index contributed by atoms with van der Waals surface area (Å²) in [5, 5.41) is 0. The van der Waals surface area contributed by atoms with Gasteiger partial charge >= 0.3 is 6.09 Å². The molecule has 7 nitrogen and oxygen atoms in total. The highest BCUT2D eigenvalue weighted by Crippen LogP contribution is 2.23. The molecule has 0 spiro atoms. The van der Waals surface area contributed by atoms with Crippen LogP contribution < -0.4 is 0 Å². The third-order valence-electron chi connectivity index (χ3n) is 5.21. The van der Waals surface area contributed by atoms with Gasteiger partial charge in [0.2, 0.25) is 5.91 Å². The molecule has 3 rings (SSSR count). The van der Waals surface area contributed by atoms with Crippen LogP contribution in [0.15, 0.2) is 18.2 Å². The van der Waals surface area contributed by atoms with E-state index in [1.54, 1.807) is 25.7 Å². The van der Waals surface area contributed by atoms with Crippen LogP contribution >= 0.6 is 0 Å². The van der Waals surface area contributed by atoms with Crippen LogP contribution in [0.1, 0.15) is 44.0 Å². The summed E-state index contributed by atoms with van der Waals surface area (Å²) in [4.78, 5) is 42.5. The van der Waals surface area contributed by atoms with E-state index in [9.17, 15) is 23.2 Å². The fraction of sp³-hybridized carbons (Fsp3) is 0.571. The first kappa shape index (κ1) is 22.0. The molecule has 2 aliphatic heterocycles. The summed E-state index contributed by atoms with van der Waals surface area (Å²) in [6.07, 6.45) is 0.787. The summed E-state index contributed by atoms with van der Waals surface area (Å²) in [5.41, 5.74) is -0.836. The number of hydrogen-bond donors (Lipinski definition) is 0. The molecule has 0 bridgehead atoms. The smallest absolute Gasteiger partial charge is 0.410 e. The van der Waals surface area contributed by atoms with E-state index in [1.807, 2.05) is 0 Å². The maximum atomic E-state index is 13.9. The Hall–Kier alpha value is -2.71. The number of ether oxygens (including phenoxy) is 1. The number of rotatable bonds is 2. The van der Waals surface area contributed by atoms with Crippen molar-refractivity contribution < 1.29 is 27.9 Å². The molecule has 9 heteroatoms. The van der Waals surface area contributed by atoms with Crippen LogP contribution in [0.3, 0.4) is 0 Å². The maximum Gasteiger partial charge on any atom is 0.410 e. The van der Waals surface area contributed by atoms with Gasteiger partial charge in [-0.15, -0.1) is 0 Å². The van der Waals surface area contributed by atoms with Crippen molar-refractivity contribution in [2.45, 2.75) is 45.3 Å². The van der Waals surface area contributed by atoms with E-state index in [1.165, 1.54) is 9.80 Å². The zero-order valence-corrected chi connectivity index (χ0v) is 17.5. The topological polar surface area (TPSA) is 70.2 Å². The van der Waals surface area contributed by atoms with Gasteiger partial charge in [-0.25, -0.2) is 13.6 Å². The van der Waals surface area contributed by atoms with Crippen molar-refractivity contribution in [1.82, 2.24) is 14.7 Å². The average Bonchev–Trinajstić information content (AvgIpc) is 3.16. The SMILES string of the molecule is CC(C)(C)OC(=O)N1CCCC1C(=O)N1CCN(C(=O)c2ccc(F)cc2F)CC1. The second-order valence-electron chi connectivity index (χ2n) is 8.57. The summed E-state index contributed by atoms with van der Waals surface area (Å²) in [6.45, 7) is 6.83. The van der Waals surface area contributed by atoms with E-state index in [-0.39, 0.29) is 37.6 Å². The fourth-order valence-corrected chi connectivity index (χ4v) is 3.74. The van der Waals surface area contributed by atoms with Gasteiger partial charge in [0.05, 0.1) is 5.56 Å². The van der Waals surface area contributed by atoms with Gasteiger partial charge in [-0.2, -0.15) is 0 Å². The van der Waals surface area contributed by atoms with Gasteiger partial charge in [0, 0.05) is 38.8 Å². The molecule has 0 N–H and O–H groups in total. The number of nitrogens with zero attached hydrogens (tertiary/aromatic N) is 3. The molecule has 1 atom stereocenters. The van der Waals surface area contributed by atoms with Crippen molar-refractivity contribution in [3.63, 3.8) is 0 Å². The van der Waals surface area contributed by atoms with Gasteiger partial charge < -0.3 is 14.5 Å². The van der Waals surface area contributed by atoms with Gasteiger partial charge in [-0.3, -0.25) is 14.5 Å². The second-order valence-corrected chi connectivity index (χ2v) is 8.57. The largest absolute Gasteiger partial charge is 0.444 e. The quantitative estimate of drug-likeness (QED) is 0.733. The van der Waals surface area contributed by atoms with E-state index in [0.29, 0.717) is 19.0 Å². The van der Waals surface area contributed by atoms with Crippen LogP contribution in [-0.4, -0.2) is 77.0 Å². The van der Waals surface area contributed by atoms with Gasteiger partial charge in [0.1, 0.15) is 23.3 Å². The maximum absolute atomic E-state index is 13.9. The van der Waals surface area contributed by atoms with Crippen molar-refractivity contribution in [1.29, 1.82) is 0 Å². The molecule has 2 aliphatic rings. The van der Waals surface area contributed by atoms with Crippen molar-refractivity contribution in [2.75, 3.05) is 32.7 Å². The lowest BCUT2D eigenvalue weighted by atomic mass is 10.1. The Kier molecular flexibility index (Phi) is 6.28. The predicted octanol–water partition coefficient (Wildman–Crippen LogP) is 2.65. The van der Waals surface area contributed by atoms with E-state index in [4.69, 9.17) is 4.74 Å². The van der Waals surface area contributed by atoms with Crippen molar-refractivity contribution in [3.8, 4) is 0 Å².